The van der Waals surface area contributed by atoms with Gasteiger partial charge in [-0.3, -0.25) is 4.79 Å². The molecule has 0 N–H and O–H groups in total. The number of rotatable bonds is 6. The highest BCUT2D eigenvalue weighted by Crippen LogP contribution is 2.13. The molecule has 1 amide bonds. The molecule has 0 spiro atoms. The molecule has 1 aromatic carbocycles. The summed E-state index contributed by atoms with van der Waals surface area (Å²) >= 11 is 0. The monoisotopic (exact) mass is 340 g/mol. The third kappa shape index (κ3) is 5.17. The molecular formula is C19H24N4O2. The van der Waals surface area contributed by atoms with Crippen molar-refractivity contribution in [2.24, 2.45) is 0 Å². The Hall–Kier alpha value is -2.63. The van der Waals surface area contributed by atoms with Gasteiger partial charge in [0.1, 0.15) is 5.75 Å². The number of anilines is 1. The number of carbonyl (C=O) groups is 1. The van der Waals surface area contributed by atoms with Gasteiger partial charge in [-0.15, -0.1) is 5.10 Å². The fourth-order valence-corrected chi connectivity index (χ4v) is 2.95. The van der Waals surface area contributed by atoms with Crippen LogP contribution in [0.5, 0.6) is 5.75 Å². The number of hydrogen-bond donors (Lipinski definition) is 0. The second-order valence-corrected chi connectivity index (χ2v) is 6.07. The van der Waals surface area contributed by atoms with E-state index >= 15 is 0 Å². The zero-order chi connectivity index (χ0) is 17.3. The summed E-state index contributed by atoms with van der Waals surface area (Å²) in [5.74, 6) is 1.94. The quantitative estimate of drug-likeness (QED) is 0.756. The predicted molar refractivity (Wildman–Crippen MR) is 96.6 cm³/mol. The fraction of sp³-hybridized carbons (Fsp3) is 0.421. The summed E-state index contributed by atoms with van der Waals surface area (Å²) < 4.78 is 5.65. The Kier molecular flexibility index (Phi) is 6.20. The van der Waals surface area contributed by atoms with Crippen LogP contribution in [-0.4, -0.2) is 53.8 Å². The summed E-state index contributed by atoms with van der Waals surface area (Å²) in [5.41, 5.74) is 0. The molecule has 1 aliphatic heterocycles. The van der Waals surface area contributed by atoms with E-state index in [1.165, 1.54) is 0 Å². The molecule has 0 aliphatic carbocycles. The third-order valence-electron chi connectivity index (χ3n) is 4.28. The number of hydrogen-bond acceptors (Lipinski definition) is 5. The Bertz CT molecular complexity index is 651. The van der Waals surface area contributed by atoms with Crippen molar-refractivity contribution in [1.82, 2.24) is 15.1 Å². The van der Waals surface area contributed by atoms with Gasteiger partial charge in [0, 0.05) is 38.8 Å². The summed E-state index contributed by atoms with van der Waals surface area (Å²) in [6.45, 7) is 3.80. The fourth-order valence-electron chi connectivity index (χ4n) is 2.95. The second-order valence-electron chi connectivity index (χ2n) is 6.07. The van der Waals surface area contributed by atoms with Gasteiger partial charge in [0.05, 0.1) is 6.61 Å². The molecule has 6 heteroatoms. The Morgan fingerprint density at radius 2 is 1.92 bits per heavy atom. The first-order chi connectivity index (χ1) is 12.3. The molecule has 1 saturated heterocycles. The van der Waals surface area contributed by atoms with E-state index in [9.17, 15) is 4.79 Å². The van der Waals surface area contributed by atoms with Gasteiger partial charge in [0.2, 0.25) is 5.91 Å². The number of amides is 1. The molecule has 1 aromatic heterocycles. The number of nitrogens with zero attached hydrogens (tertiary/aromatic N) is 4. The molecule has 0 atom stereocenters. The van der Waals surface area contributed by atoms with Crippen LogP contribution in [0.2, 0.25) is 0 Å². The van der Waals surface area contributed by atoms with Crippen LogP contribution in [0.4, 0.5) is 5.82 Å². The average molecular weight is 340 g/mol. The van der Waals surface area contributed by atoms with E-state index in [0.29, 0.717) is 13.0 Å². The lowest BCUT2D eigenvalue weighted by Gasteiger charge is -2.22. The largest absolute Gasteiger partial charge is 0.494 e. The van der Waals surface area contributed by atoms with Crippen LogP contribution in [0.25, 0.3) is 0 Å². The van der Waals surface area contributed by atoms with Crippen molar-refractivity contribution in [3.63, 3.8) is 0 Å². The normalized spacial score (nSPS) is 14.9. The summed E-state index contributed by atoms with van der Waals surface area (Å²) in [6.07, 6.45) is 3.88. The first-order valence-electron chi connectivity index (χ1n) is 8.81. The third-order valence-corrected chi connectivity index (χ3v) is 4.28. The second kappa shape index (κ2) is 9.01. The Labute approximate surface area is 148 Å². The molecule has 2 heterocycles. The summed E-state index contributed by atoms with van der Waals surface area (Å²) in [6, 6.07) is 13.6. The number of aromatic nitrogens is 2. The molecule has 0 unspecified atom stereocenters. The highest BCUT2D eigenvalue weighted by atomic mass is 16.5. The Balaban J connectivity index is 1.40. The van der Waals surface area contributed by atoms with E-state index in [0.717, 1.165) is 50.6 Å². The van der Waals surface area contributed by atoms with Crippen LogP contribution in [0.15, 0.2) is 48.7 Å². The number of ether oxygens (including phenoxy) is 1. The van der Waals surface area contributed by atoms with Gasteiger partial charge in [-0.1, -0.05) is 18.2 Å². The number of benzene rings is 1. The number of para-hydroxylation sites is 1. The van der Waals surface area contributed by atoms with Crippen LogP contribution in [0.3, 0.4) is 0 Å². The molecule has 0 radical (unpaired) electrons. The summed E-state index contributed by atoms with van der Waals surface area (Å²) in [7, 11) is 0. The maximum Gasteiger partial charge on any atom is 0.222 e. The zero-order valence-electron chi connectivity index (χ0n) is 14.4. The molecule has 2 aromatic rings. The maximum absolute atomic E-state index is 12.4. The summed E-state index contributed by atoms with van der Waals surface area (Å²) in [5, 5.41) is 8.09. The molecule has 0 saturated carbocycles. The van der Waals surface area contributed by atoms with Gasteiger partial charge in [-0.25, -0.2) is 0 Å². The van der Waals surface area contributed by atoms with Gasteiger partial charge >= 0.3 is 0 Å². The zero-order valence-corrected chi connectivity index (χ0v) is 14.4. The lowest BCUT2D eigenvalue weighted by Crippen LogP contribution is -2.35. The van der Waals surface area contributed by atoms with E-state index in [-0.39, 0.29) is 5.91 Å². The van der Waals surface area contributed by atoms with Gasteiger partial charge in [0.15, 0.2) is 5.82 Å². The van der Waals surface area contributed by atoms with Crippen LogP contribution in [0.1, 0.15) is 19.3 Å². The molecule has 1 fully saturated rings. The van der Waals surface area contributed by atoms with Crippen molar-refractivity contribution in [3.8, 4) is 5.75 Å². The van der Waals surface area contributed by atoms with Crippen LogP contribution >= 0.6 is 0 Å². The molecule has 1 aliphatic rings. The lowest BCUT2D eigenvalue weighted by molar-refractivity contribution is -0.131. The molecule has 6 nitrogen and oxygen atoms in total. The highest BCUT2D eigenvalue weighted by molar-refractivity contribution is 5.76. The van der Waals surface area contributed by atoms with Gasteiger partial charge in [0.25, 0.3) is 0 Å². The SMILES string of the molecule is O=C(CCCOc1ccccc1)N1CCCN(c2cccnn2)CC1. The molecule has 132 valence electrons. The minimum Gasteiger partial charge on any atom is -0.494 e. The van der Waals surface area contributed by atoms with E-state index in [2.05, 4.69) is 15.1 Å². The van der Waals surface area contributed by atoms with Gasteiger partial charge in [-0.2, -0.15) is 5.10 Å². The Morgan fingerprint density at radius 1 is 1.04 bits per heavy atom. The van der Waals surface area contributed by atoms with E-state index in [1.807, 2.05) is 47.4 Å². The first kappa shape index (κ1) is 17.2. The maximum atomic E-state index is 12.4. The topological polar surface area (TPSA) is 58.6 Å². The highest BCUT2D eigenvalue weighted by Gasteiger charge is 2.19. The van der Waals surface area contributed by atoms with Crippen molar-refractivity contribution in [2.45, 2.75) is 19.3 Å². The summed E-state index contributed by atoms with van der Waals surface area (Å²) in [4.78, 5) is 16.6. The van der Waals surface area contributed by atoms with Gasteiger partial charge in [-0.05, 0) is 37.1 Å². The smallest absolute Gasteiger partial charge is 0.222 e. The Morgan fingerprint density at radius 3 is 2.72 bits per heavy atom. The predicted octanol–water partition coefficient (Wildman–Crippen LogP) is 2.37. The van der Waals surface area contributed by atoms with Crippen molar-refractivity contribution in [1.29, 1.82) is 0 Å². The van der Waals surface area contributed by atoms with E-state index in [4.69, 9.17) is 4.74 Å². The van der Waals surface area contributed by atoms with Gasteiger partial charge < -0.3 is 14.5 Å². The van der Waals surface area contributed by atoms with Crippen molar-refractivity contribution in [2.75, 3.05) is 37.7 Å². The van der Waals surface area contributed by atoms with E-state index in [1.54, 1.807) is 6.20 Å². The molecule has 3 rings (SSSR count). The van der Waals surface area contributed by atoms with Crippen LogP contribution < -0.4 is 9.64 Å². The van der Waals surface area contributed by atoms with Crippen molar-refractivity contribution < 1.29 is 9.53 Å². The minimum atomic E-state index is 0.206. The molecule has 25 heavy (non-hydrogen) atoms. The molecular weight excluding hydrogens is 316 g/mol. The first-order valence-corrected chi connectivity index (χ1v) is 8.81. The lowest BCUT2D eigenvalue weighted by atomic mass is 10.2. The number of carbonyl (C=O) groups excluding carboxylic acids is 1. The van der Waals surface area contributed by atoms with Crippen molar-refractivity contribution >= 4 is 11.7 Å². The standard InChI is InChI=1S/C19H24N4O2/c24-19(10-5-16-25-17-7-2-1-3-8-17)23-13-6-12-22(14-15-23)18-9-4-11-20-21-18/h1-4,7-9,11H,5-6,10,12-16H2. The van der Waals surface area contributed by atoms with Crippen LogP contribution in [-0.2, 0) is 4.79 Å². The average Bonchev–Trinajstić information content (AvgIpc) is 2.93. The van der Waals surface area contributed by atoms with Crippen LogP contribution in [0, 0.1) is 0 Å². The van der Waals surface area contributed by atoms with E-state index < -0.39 is 0 Å². The molecule has 0 bridgehead atoms. The van der Waals surface area contributed by atoms with Crippen molar-refractivity contribution in [3.05, 3.63) is 48.7 Å². The minimum absolute atomic E-state index is 0.206.